The molecule has 2 aromatic rings. The van der Waals surface area contributed by atoms with Gasteiger partial charge in [0, 0.05) is 26.7 Å². The molecule has 9 nitrogen and oxygen atoms in total. The third-order valence-corrected chi connectivity index (χ3v) is 8.44. The normalized spacial score (nSPS) is 25.6. The van der Waals surface area contributed by atoms with Crippen molar-refractivity contribution in [2.24, 2.45) is 11.8 Å². The molecule has 1 aliphatic carbocycles. The second-order valence-electron chi connectivity index (χ2n) is 11.4. The van der Waals surface area contributed by atoms with Crippen LogP contribution in [-0.2, 0) is 20.9 Å². The van der Waals surface area contributed by atoms with Gasteiger partial charge in [-0.05, 0) is 35.8 Å². The number of rotatable bonds is 8. The number of nitrogens with one attached hydrogen (secondary N) is 1. The first-order chi connectivity index (χ1) is 19.4. The van der Waals surface area contributed by atoms with Gasteiger partial charge in [-0.2, -0.15) is 0 Å². The van der Waals surface area contributed by atoms with Crippen LogP contribution in [-0.4, -0.2) is 83.7 Å². The van der Waals surface area contributed by atoms with Gasteiger partial charge in [-0.15, -0.1) is 0 Å². The van der Waals surface area contributed by atoms with E-state index in [1.807, 2.05) is 60.7 Å². The molecule has 0 unspecified atom stereocenters. The van der Waals surface area contributed by atoms with Crippen LogP contribution in [0.15, 0.2) is 60.7 Å². The zero-order valence-electron chi connectivity index (χ0n) is 23.6. The molecular weight excluding hydrogens is 506 g/mol. The molecule has 3 fully saturated rings. The quantitative estimate of drug-likeness (QED) is 0.510. The monoisotopic (exact) mass is 547 g/mol. The number of urea groups is 1. The molecule has 0 aromatic heterocycles. The van der Waals surface area contributed by atoms with Gasteiger partial charge in [0.05, 0.1) is 19.7 Å². The number of hydrogen-bond acceptors (Lipinski definition) is 5. The molecule has 0 spiro atoms. The predicted molar refractivity (Wildman–Crippen MR) is 151 cm³/mol. The second kappa shape index (κ2) is 12.8. The van der Waals surface area contributed by atoms with Crippen molar-refractivity contribution in [2.45, 2.75) is 51.4 Å². The summed E-state index contributed by atoms with van der Waals surface area (Å²) >= 11 is 0. The van der Waals surface area contributed by atoms with Gasteiger partial charge < -0.3 is 19.9 Å². The van der Waals surface area contributed by atoms with Gasteiger partial charge in [-0.3, -0.25) is 9.59 Å². The van der Waals surface area contributed by atoms with Gasteiger partial charge in [0.1, 0.15) is 12.2 Å². The molecule has 2 aromatic carbocycles. The van der Waals surface area contributed by atoms with Crippen molar-refractivity contribution in [3.05, 3.63) is 71.8 Å². The summed E-state index contributed by atoms with van der Waals surface area (Å²) in [5, 5.41) is 6.24. The van der Waals surface area contributed by atoms with Crippen LogP contribution >= 0.6 is 0 Å². The van der Waals surface area contributed by atoms with Gasteiger partial charge in [0.25, 0.3) is 0 Å². The highest BCUT2D eigenvalue weighted by atomic mass is 16.5. The number of fused-ring (bicyclic) bond motifs is 1. The molecule has 0 bridgehead atoms. The molecule has 9 heteroatoms. The number of hydrogen-bond donors (Lipinski definition) is 1. The van der Waals surface area contributed by atoms with Crippen molar-refractivity contribution in [1.29, 1.82) is 0 Å². The summed E-state index contributed by atoms with van der Waals surface area (Å²) in [6, 6.07) is 18.0. The number of carbonyl (C=O) groups excluding carboxylic acids is 3. The summed E-state index contributed by atoms with van der Waals surface area (Å²) in [6.07, 6.45) is 4.25. The Hall–Kier alpha value is -3.43. The van der Waals surface area contributed by atoms with Crippen molar-refractivity contribution in [3.63, 3.8) is 0 Å². The maximum atomic E-state index is 13.9. The lowest BCUT2D eigenvalue weighted by atomic mass is 9.83. The van der Waals surface area contributed by atoms with E-state index in [2.05, 4.69) is 12.2 Å². The van der Waals surface area contributed by atoms with Gasteiger partial charge in [0.15, 0.2) is 0 Å². The van der Waals surface area contributed by atoms with E-state index < -0.39 is 12.2 Å². The third-order valence-electron chi connectivity index (χ3n) is 8.44. The molecule has 3 aliphatic rings. The smallest absolute Gasteiger partial charge is 0.334 e. The Bertz CT molecular complexity index is 1150. The standard InChI is InChI=1S/C31H41N5O4/c1-23-13-15-25(16-14-23)22-40-18-17-34-20-27-35(29(30(34)38)26-11-7-4-8-12-26)28(37)21-33(2)36(27)31(39)32-19-24-9-5-3-6-10-24/h3-12,23,25,27,29H,13-22H2,1-2H3,(H,32,39)/t23?,25?,27-,29-/m0/s1. The molecule has 40 heavy (non-hydrogen) atoms. The van der Waals surface area contributed by atoms with Crippen LogP contribution in [0.1, 0.15) is 49.8 Å². The fourth-order valence-electron chi connectivity index (χ4n) is 6.13. The van der Waals surface area contributed by atoms with E-state index in [1.165, 1.54) is 25.7 Å². The Morgan fingerprint density at radius 3 is 2.35 bits per heavy atom. The van der Waals surface area contributed by atoms with E-state index in [4.69, 9.17) is 4.74 Å². The SMILES string of the molecule is CC1CCC(COCCN2C[C@H]3N(C(=O)CN(C)N3C(=O)NCc3ccccc3)[C@@H](c3ccccc3)C2=O)CC1. The molecule has 4 amide bonds. The Morgan fingerprint density at radius 1 is 0.975 bits per heavy atom. The fraction of sp³-hybridized carbons (Fsp3) is 0.516. The predicted octanol–water partition coefficient (Wildman–Crippen LogP) is 3.64. The number of benzene rings is 2. The van der Waals surface area contributed by atoms with Gasteiger partial charge >= 0.3 is 6.03 Å². The molecule has 2 aliphatic heterocycles. The minimum absolute atomic E-state index is 0.00892. The van der Waals surface area contributed by atoms with E-state index >= 15 is 0 Å². The van der Waals surface area contributed by atoms with Crippen LogP contribution in [0.25, 0.3) is 0 Å². The Labute approximate surface area is 237 Å². The van der Waals surface area contributed by atoms with E-state index in [0.717, 1.165) is 17.0 Å². The maximum absolute atomic E-state index is 13.9. The summed E-state index contributed by atoms with van der Waals surface area (Å²) in [7, 11) is 1.74. The molecule has 1 N–H and O–H groups in total. The zero-order chi connectivity index (χ0) is 28.1. The van der Waals surface area contributed by atoms with Gasteiger partial charge in [0.2, 0.25) is 11.8 Å². The Kier molecular flexibility index (Phi) is 9.01. The summed E-state index contributed by atoms with van der Waals surface area (Å²) in [5.41, 5.74) is 1.72. The topological polar surface area (TPSA) is 85.4 Å². The number of hydrazine groups is 1. The summed E-state index contributed by atoms with van der Waals surface area (Å²) in [5.74, 6) is 1.06. The van der Waals surface area contributed by atoms with E-state index in [0.29, 0.717) is 32.2 Å². The molecule has 0 radical (unpaired) electrons. The summed E-state index contributed by atoms with van der Waals surface area (Å²) in [6.45, 7) is 4.45. The molecule has 2 heterocycles. The molecule has 214 valence electrons. The largest absolute Gasteiger partial charge is 0.379 e. The Balaban J connectivity index is 1.32. The van der Waals surface area contributed by atoms with Crippen LogP contribution in [0.3, 0.4) is 0 Å². The maximum Gasteiger partial charge on any atom is 0.334 e. The highest BCUT2D eigenvalue weighted by Gasteiger charge is 2.51. The number of nitrogens with zero attached hydrogens (tertiary/aromatic N) is 4. The first kappa shape index (κ1) is 28.1. The average Bonchev–Trinajstić information content (AvgIpc) is 2.96. The zero-order valence-corrected chi connectivity index (χ0v) is 23.6. The van der Waals surface area contributed by atoms with Crippen molar-refractivity contribution < 1.29 is 19.1 Å². The van der Waals surface area contributed by atoms with Crippen LogP contribution in [0.4, 0.5) is 4.79 Å². The highest BCUT2D eigenvalue weighted by molar-refractivity contribution is 5.92. The third kappa shape index (κ3) is 6.31. The lowest BCUT2D eigenvalue weighted by Crippen LogP contribution is -2.74. The van der Waals surface area contributed by atoms with E-state index in [9.17, 15) is 14.4 Å². The molecular formula is C31H41N5O4. The molecule has 1 saturated carbocycles. The van der Waals surface area contributed by atoms with Crippen LogP contribution in [0.2, 0.25) is 0 Å². The van der Waals surface area contributed by atoms with Crippen molar-refractivity contribution >= 4 is 17.8 Å². The summed E-state index contributed by atoms with van der Waals surface area (Å²) < 4.78 is 6.06. The minimum Gasteiger partial charge on any atom is -0.379 e. The molecule has 2 atom stereocenters. The number of amides is 4. The lowest BCUT2D eigenvalue weighted by Gasteiger charge is -2.54. The van der Waals surface area contributed by atoms with Gasteiger partial charge in [-0.25, -0.2) is 14.8 Å². The van der Waals surface area contributed by atoms with Crippen molar-refractivity contribution in [2.75, 3.05) is 39.9 Å². The number of likely N-dealkylation sites (N-methyl/N-ethyl adjacent to an activating group) is 1. The molecule has 5 rings (SSSR count). The van der Waals surface area contributed by atoms with E-state index in [1.54, 1.807) is 26.9 Å². The number of piperazine rings is 1. The van der Waals surface area contributed by atoms with E-state index in [-0.39, 0.29) is 30.9 Å². The van der Waals surface area contributed by atoms with Crippen LogP contribution in [0.5, 0.6) is 0 Å². The molecule has 2 saturated heterocycles. The lowest BCUT2D eigenvalue weighted by molar-refractivity contribution is -0.188. The van der Waals surface area contributed by atoms with Crippen LogP contribution < -0.4 is 5.32 Å². The summed E-state index contributed by atoms with van der Waals surface area (Å²) in [4.78, 5) is 44.2. The van der Waals surface area contributed by atoms with Crippen LogP contribution in [0, 0.1) is 11.8 Å². The van der Waals surface area contributed by atoms with Gasteiger partial charge in [-0.1, -0.05) is 80.4 Å². The average molecular weight is 548 g/mol. The number of ether oxygens (including phenoxy) is 1. The fourth-order valence-corrected chi connectivity index (χ4v) is 6.13. The van der Waals surface area contributed by atoms with Crippen molar-refractivity contribution in [1.82, 2.24) is 25.1 Å². The van der Waals surface area contributed by atoms with Crippen molar-refractivity contribution in [3.8, 4) is 0 Å². The first-order valence-corrected chi connectivity index (χ1v) is 14.5. The number of carbonyl (C=O) groups is 3. The second-order valence-corrected chi connectivity index (χ2v) is 11.4. The minimum atomic E-state index is -0.801. The Morgan fingerprint density at radius 2 is 1.65 bits per heavy atom. The highest BCUT2D eigenvalue weighted by Crippen LogP contribution is 2.34. The first-order valence-electron chi connectivity index (χ1n) is 14.5.